The van der Waals surface area contributed by atoms with E-state index in [1.165, 1.54) is 0 Å². The molecule has 1 fully saturated rings. The molecule has 0 spiro atoms. The van der Waals surface area contributed by atoms with Gasteiger partial charge < -0.3 is 10.1 Å². The summed E-state index contributed by atoms with van der Waals surface area (Å²) in [5.41, 5.74) is 1.88. The number of H-pyrrole nitrogens is 1. The summed E-state index contributed by atoms with van der Waals surface area (Å²) in [7, 11) is 0. The monoisotopic (exact) mass is 202 g/mol. The number of imidazole rings is 1. The van der Waals surface area contributed by atoms with Crippen LogP contribution in [-0.4, -0.2) is 21.0 Å². The second-order valence-electron chi connectivity index (χ2n) is 3.93. The van der Waals surface area contributed by atoms with Crippen LogP contribution in [0.3, 0.4) is 0 Å². The van der Waals surface area contributed by atoms with Crippen LogP contribution in [0.2, 0.25) is 0 Å². The van der Waals surface area contributed by atoms with Crippen molar-refractivity contribution in [3.63, 3.8) is 0 Å². The number of aromatic amines is 1. The number of rotatable bonds is 2. The van der Waals surface area contributed by atoms with Crippen molar-refractivity contribution in [2.45, 2.75) is 12.3 Å². The van der Waals surface area contributed by atoms with Crippen molar-refractivity contribution in [2.24, 2.45) is 5.92 Å². The number of nitrogens with zero attached hydrogens (tertiary/aromatic N) is 1. The number of carbonyl (C=O) groups is 1. The van der Waals surface area contributed by atoms with Crippen LogP contribution in [0.5, 0.6) is 0 Å². The normalized spacial score (nSPS) is 24.3. The van der Waals surface area contributed by atoms with E-state index in [4.69, 9.17) is 5.11 Å². The van der Waals surface area contributed by atoms with Gasteiger partial charge in [-0.15, -0.1) is 0 Å². The van der Waals surface area contributed by atoms with Crippen molar-refractivity contribution >= 4 is 17.0 Å². The number of carboxylic acid groups (broad SMARTS) is 1. The molecule has 15 heavy (non-hydrogen) atoms. The number of hydrogen-bond donors (Lipinski definition) is 2. The molecule has 4 nitrogen and oxygen atoms in total. The van der Waals surface area contributed by atoms with E-state index >= 15 is 0 Å². The first-order chi connectivity index (χ1) is 7.25. The minimum absolute atomic E-state index is 0.0786. The summed E-state index contributed by atoms with van der Waals surface area (Å²) >= 11 is 0. The lowest BCUT2D eigenvalue weighted by molar-refractivity contribution is -0.138. The van der Waals surface area contributed by atoms with Gasteiger partial charge in [0, 0.05) is 5.92 Å². The molecule has 0 aliphatic heterocycles. The van der Waals surface area contributed by atoms with E-state index in [2.05, 4.69) is 9.97 Å². The number of hydrogen-bond acceptors (Lipinski definition) is 2. The Hall–Kier alpha value is -1.84. The molecule has 2 aromatic rings. The van der Waals surface area contributed by atoms with E-state index in [1.807, 2.05) is 24.3 Å². The van der Waals surface area contributed by atoms with Crippen molar-refractivity contribution in [2.75, 3.05) is 0 Å². The molecule has 76 valence electrons. The van der Waals surface area contributed by atoms with Crippen LogP contribution in [0.25, 0.3) is 11.0 Å². The van der Waals surface area contributed by atoms with E-state index in [1.54, 1.807) is 0 Å². The van der Waals surface area contributed by atoms with Crippen LogP contribution < -0.4 is 0 Å². The summed E-state index contributed by atoms with van der Waals surface area (Å²) in [6.07, 6.45) is 0.704. The van der Waals surface area contributed by atoms with Crippen LogP contribution in [-0.2, 0) is 4.79 Å². The Morgan fingerprint density at radius 2 is 2.27 bits per heavy atom. The predicted molar refractivity (Wildman–Crippen MR) is 54.6 cm³/mol. The third-order valence-electron chi connectivity index (χ3n) is 2.87. The molecule has 0 saturated heterocycles. The van der Waals surface area contributed by atoms with Gasteiger partial charge >= 0.3 is 5.97 Å². The zero-order valence-electron chi connectivity index (χ0n) is 7.97. The first-order valence-electron chi connectivity index (χ1n) is 4.93. The number of carboxylic acids is 1. The summed E-state index contributed by atoms with van der Waals surface area (Å²) < 4.78 is 0. The van der Waals surface area contributed by atoms with Crippen molar-refractivity contribution in [1.29, 1.82) is 0 Å². The largest absolute Gasteiger partial charge is 0.481 e. The Bertz CT molecular complexity index is 499. The number of para-hydroxylation sites is 2. The number of nitrogens with one attached hydrogen (secondary N) is 1. The topological polar surface area (TPSA) is 66.0 Å². The molecule has 1 aromatic heterocycles. The Morgan fingerprint density at radius 3 is 2.93 bits per heavy atom. The lowest BCUT2D eigenvalue weighted by Crippen LogP contribution is -1.99. The van der Waals surface area contributed by atoms with Crippen molar-refractivity contribution < 1.29 is 9.90 Å². The van der Waals surface area contributed by atoms with Crippen LogP contribution in [0.1, 0.15) is 18.2 Å². The highest BCUT2D eigenvalue weighted by molar-refractivity contribution is 5.77. The molecular weight excluding hydrogens is 192 g/mol. The van der Waals surface area contributed by atoms with Crippen molar-refractivity contribution in [3.05, 3.63) is 30.1 Å². The maximum atomic E-state index is 10.7. The van der Waals surface area contributed by atoms with Gasteiger partial charge in [-0.3, -0.25) is 4.79 Å². The second-order valence-corrected chi connectivity index (χ2v) is 3.93. The molecule has 0 radical (unpaired) electrons. The minimum atomic E-state index is -0.722. The standard InChI is InChI=1S/C11H10N2O2/c14-11(15)7-5-6(7)10-12-8-3-1-2-4-9(8)13-10/h1-4,6-7H,5H2,(H,12,13)(H,14,15)/t6-,7?/m0/s1. The lowest BCUT2D eigenvalue weighted by atomic mass is 10.3. The Morgan fingerprint density at radius 1 is 1.47 bits per heavy atom. The molecule has 1 unspecified atom stereocenters. The maximum Gasteiger partial charge on any atom is 0.307 e. The molecule has 1 aliphatic rings. The first-order valence-corrected chi connectivity index (χ1v) is 4.93. The van der Waals surface area contributed by atoms with E-state index in [0.29, 0.717) is 6.42 Å². The van der Waals surface area contributed by atoms with Gasteiger partial charge in [0.15, 0.2) is 0 Å². The third kappa shape index (κ3) is 1.29. The quantitative estimate of drug-likeness (QED) is 0.779. The highest BCUT2D eigenvalue weighted by Crippen LogP contribution is 2.46. The number of benzene rings is 1. The average Bonchev–Trinajstić information content (AvgIpc) is 2.91. The molecule has 4 heteroatoms. The van der Waals surface area contributed by atoms with Gasteiger partial charge in [-0.2, -0.15) is 0 Å². The lowest BCUT2D eigenvalue weighted by Gasteiger charge is -1.89. The molecule has 1 aliphatic carbocycles. The number of aliphatic carboxylic acids is 1. The Balaban J connectivity index is 1.97. The second kappa shape index (κ2) is 2.82. The fourth-order valence-corrected chi connectivity index (χ4v) is 1.92. The van der Waals surface area contributed by atoms with E-state index in [-0.39, 0.29) is 11.8 Å². The van der Waals surface area contributed by atoms with E-state index in [0.717, 1.165) is 16.9 Å². The molecule has 2 atom stereocenters. The van der Waals surface area contributed by atoms with Crippen LogP contribution in [0, 0.1) is 5.92 Å². The van der Waals surface area contributed by atoms with E-state index in [9.17, 15) is 4.79 Å². The molecule has 0 amide bonds. The van der Waals surface area contributed by atoms with Gasteiger partial charge in [0.1, 0.15) is 5.82 Å². The summed E-state index contributed by atoms with van der Waals surface area (Å²) in [6, 6.07) is 7.73. The number of fused-ring (bicyclic) bond motifs is 1. The zero-order chi connectivity index (χ0) is 10.4. The van der Waals surface area contributed by atoms with E-state index < -0.39 is 5.97 Å². The van der Waals surface area contributed by atoms with Gasteiger partial charge in [-0.25, -0.2) is 4.98 Å². The zero-order valence-corrected chi connectivity index (χ0v) is 7.97. The molecule has 0 bridgehead atoms. The summed E-state index contributed by atoms with van der Waals surface area (Å²) in [5, 5.41) is 8.82. The Kier molecular flexibility index (Phi) is 1.59. The summed E-state index contributed by atoms with van der Waals surface area (Å²) in [4.78, 5) is 18.3. The highest BCUT2D eigenvalue weighted by Gasteiger charge is 2.46. The molecular formula is C11H10N2O2. The predicted octanol–water partition coefficient (Wildman–Crippen LogP) is 1.75. The van der Waals surface area contributed by atoms with Crippen LogP contribution >= 0.6 is 0 Å². The van der Waals surface area contributed by atoms with Crippen molar-refractivity contribution in [3.8, 4) is 0 Å². The number of aromatic nitrogens is 2. The highest BCUT2D eigenvalue weighted by atomic mass is 16.4. The van der Waals surface area contributed by atoms with Crippen LogP contribution in [0.4, 0.5) is 0 Å². The summed E-state index contributed by atoms with van der Waals surface area (Å²) in [5.74, 6) is -0.0791. The van der Waals surface area contributed by atoms with Crippen molar-refractivity contribution in [1.82, 2.24) is 9.97 Å². The molecule has 1 saturated carbocycles. The van der Waals surface area contributed by atoms with Gasteiger partial charge in [-0.1, -0.05) is 12.1 Å². The molecule has 3 rings (SSSR count). The molecule has 1 heterocycles. The molecule has 2 N–H and O–H groups in total. The van der Waals surface area contributed by atoms with Gasteiger partial charge in [-0.05, 0) is 18.6 Å². The summed E-state index contributed by atoms with van der Waals surface area (Å²) in [6.45, 7) is 0. The SMILES string of the molecule is O=C(O)C1C[C@@H]1c1nc2ccccc2[nH]1. The maximum absolute atomic E-state index is 10.7. The van der Waals surface area contributed by atoms with Gasteiger partial charge in [0.25, 0.3) is 0 Å². The first kappa shape index (κ1) is 8.47. The Labute approximate surface area is 86.0 Å². The van der Waals surface area contributed by atoms with Gasteiger partial charge in [0.05, 0.1) is 17.0 Å². The van der Waals surface area contributed by atoms with Crippen LogP contribution in [0.15, 0.2) is 24.3 Å². The van der Waals surface area contributed by atoms with Gasteiger partial charge in [0.2, 0.25) is 0 Å². The smallest absolute Gasteiger partial charge is 0.307 e. The third-order valence-corrected chi connectivity index (χ3v) is 2.87. The fraction of sp³-hybridized carbons (Fsp3) is 0.273. The molecule has 1 aromatic carbocycles. The minimum Gasteiger partial charge on any atom is -0.481 e. The average molecular weight is 202 g/mol. The fourth-order valence-electron chi connectivity index (χ4n) is 1.92.